The summed E-state index contributed by atoms with van der Waals surface area (Å²) in [7, 11) is 0. The first-order chi connectivity index (χ1) is 10.2. The maximum absolute atomic E-state index is 12.2. The lowest BCUT2D eigenvalue weighted by Gasteiger charge is -2.20. The molecule has 2 heterocycles. The molecule has 0 bridgehead atoms. The van der Waals surface area contributed by atoms with Gasteiger partial charge >= 0.3 is 0 Å². The molecule has 0 spiro atoms. The predicted molar refractivity (Wildman–Crippen MR) is 76.5 cm³/mol. The number of rotatable bonds is 2. The van der Waals surface area contributed by atoms with Crippen LogP contribution in [0.1, 0.15) is 25.7 Å². The van der Waals surface area contributed by atoms with Gasteiger partial charge in [0.15, 0.2) is 11.5 Å². The molecule has 0 radical (unpaired) electrons. The van der Waals surface area contributed by atoms with Gasteiger partial charge in [-0.15, -0.1) is 0 Å². The van der Waals surface area contributed by atoms with Crippen LogP contribution in [0.3, 0.4) is 0 Å². The van der Waals surface area contributed by atoms with Gasteiger partial charge in [-0.3, -0.25) is 9.59 Å². The van der Waals surface area contributed by atoms with Gasteiger partial charge in [-0.05, 0) is 25.0 Å². The van der Waals surface area contributed by atoms with E-state index in [1.165, 1.54) is 0 Å². The van der Waals surface area contributed by atoms with Crippen LogP contribution in [-0.2, 0) is 9.59 Å². The van der Waals surface area contributed by atoms with Crippen LogP contribution < -0.4 is 20.1 Å². The van der Waals surface area contributed by atoms with E-state index in [1.54, 1.807) is 18.2 Å². The molecular weight excluding hydrogens is 272 g/mol. The topological polar surface area (TPSA) is 76.7 Å². The molecule has 2 N–H and O–H groups in total. The third-order valence-corrected chi connectivity index (χ3v) is 3.61. The molecule has 2 aliphatic heterocycles. The third kappa shape index (κ3) is 3.26. The van der Waals surface area contributed by atoms with Gasteiger partial charge in [-0.25, -0.2) is 0 Å². The lowest BCUT2D eigenvalue weighted by Crippen LogP contribution is -2.42. The van der Waals surface area contributed by atoms with Crippen molar-refractivity contribution in [1.82, 2.24) is 5.32 Å². The minimum atomic E-state index is -0.465. The van der Waals surface area contributed by atoms with E-state index in [4.69, 9.17) is 9.47 Å². The lowest BCUT2D eigenvalue weighted by molar-refractivity contribution is -0.125. The Balaban J connectivity index is 1.67. The van der Waals surface area contributed by atoms with Crippen molar-refractivity contribution in [3.63, 3.8) is 0 Å². The number of ether oxygens (including phenoxy) is 2. The Morgan fingerprint density at radius 2 is 2.00 bits per heavy atom. The number of benzene rings is 1. The number of hydrogen-bond acceptors (Lipinski definition) is 4. The van der Waals surface area contributed by atoms with E-state index in [2.05, 4.69) is 10.6 Å². The molecule has 1 unspecified atom stereocenters. The Hall–Kier alpha value is -2.24. The van der Waals surface area contributed by atoms with E-state index in [0.717, 1.165) is 12.8 Å². The number of anilines is 1. The number of amides is 2. The molecule has 0 saturated carbocycles. The number of nitrogens with one attached hydrogen (secondary N) is 2. The van der Waals surface area contributed by atoms with Crippen molar-refractivity contribution in [1.29, 1.82) is 0 Å². The summed E-state index contributed by atoms with van der Waals surface area (Å²) in [5, 5.41) is 5.58. The Kier molecular flexibility index (Phi) is 3.94. The van der Waals surface area contributed by atoms with Gasteiger partial charge in [0.05, 0.1) is 0 Å². The fourth-order valence-corrected chi connectivity index (χ4v) is 2.52. The Labute approximate surface area is 122 Å². The molecule has 2 aliphatic rings. The van der Waals surface area contributed by atoms with Crippen molar-refractivity contribution in [3.05, 3.63) is 18.2 Å². The second kappa shape index (κ2) is 6.03. The summed E-state index contributed by atoms with van der Waals surface area (Å²) in [5.74, 6) is 1.06. The zero-order valence-corrected chi connectivity index (χ0v) is 11.7. The molecule has 1 saturated heterocycles. The molecule has 1 fully saturated rings. The second-order valence-electron chi connectivity index (χ2n) is 5.21. The summed E-state index contributed by atoms with van der Waals surface area (Å²) in [6, 6.07) is 4.82. The van der Waals surface area contributed by atoms with Crippen molar-refractivity contribution in [2.45, 2.75) is 31.7 Å². The summed E-state index contributed by atoms with van der Waals surface area (Å²) in [6.07, 6.45) is 2.87. The highest BCUT2D eigenvalue weighted by molar-refractivity contribution is 5.97. The largest absolute Gasteiger partial charge is 0.486 e. The maximum atomic E-state index is 12.2. The fourth-order valence-electron chi connectivity index (χ4n) is 2.52. The van der Waals surface area contributed by atoms with Crippen molar-refractivity contribution in [2.24, 2.45) is 0 Å². The highest BCUT2D eigenvalue weighted by atomic mass is 16.6. The fraction of sp³-hybridized carbons (Fsp3) is 0.467. The Bertz CT molecular complexity index is 559. The summed E-state index contributed by atoms with van der Waals surface area (Å²) >= 11 is 0. The highest BCUT2D eigenvalue weighted by Gasteiger charge is 2.23. The van der Waals surface area contributed by atoms with Crippen LogP contribution in [0.4, 0.5) is 5.69 Å². The Morgan fingerprint density at radius 1 is 1.19 bits per heavy atom. The molecule has 6 nitrogen and oxygen atoms in total. The number of carbonyl (C=O) groups excluding carboxylic acids is 2. The van der Waals surface area contributed by atoms with E-state index in [9.17, 15) is 9.59 Å². The normalized spacial score (nSPS) is 21.1. The van der Waals surface area contributed by atoms with Gasteiger partial charge in [-0.2, -0.15) is 0 Å². The van der Waals surface area contributed by atoms with E-state index >= 15 is 0 Å². The van der Waals surface area contributed by atoms with Crippen LogP contribution in [0, 0.1) is 0 Å². The molecular formula is C15H18N2O4. The van der Waals surface area contributed by atoms with Gasteiger partial charge in [0.25, 0.3) is 0 Å². The SMILES string of the molecule is O=C1CCCCC(C(=O)Nc2ccc3c(c2)OCCO3)N1. The summed E-state index contributed by atoms with van der Waals surface area (Å²) in [5.41, 5.74) is 0.641. The third-order valence-electron chi connectivity index (χ3n) is 3.61. The van der Waals surface area contributed by atoms with Gasteiger partial charge in [0.1, 0.15) is 19.3 Å². The van der Waals surface area contributed by atoms with Crippen molar-refractivity contribution >= 4 is 17.5 Å². The van der Waals surface area contributed by atoms with Gasteiger partial charge in [0.2, 0.25) is 11.8 Å². The molecule has 1 aromatic carbocycles. The smallest absolute Gasteiger partial charge is 0.246 e. The molecule has 112 valence electrons. The maximum Gasteiger partial charge on any atom is 0.246 e. The first kappa shape index (κ1) is 13.7. The Morgan fingerprint density at radius 3 is 2.86 bits per heavy atom. The van der Waals surface area contributed by atoms with Crippen molar-refractivity contribution in [3.8, 4) is 11.5 Å². The molecule has 2 amide bonds. The van der Waals surface area contributed by atoms with Gasteiger partial charge in [0, 0.05) is 18.2 Å². The minimum Gasteiger partial charge on any atom is -0.486 e. The zero-order valence-electron chi connectivity index (χ0n) is 11.7. The first-order valence-corrected chi connectivity index (χ1v) is 7.22. The summed E-state index contributed by atoms with van der Waals surface area (Å²) < 4.78 is 10.9. The molecule has 1 atom stereocenters. The summed E-state index contributed by atoms with van der Waals surface area (Å²) in [4.78, 5) is 23.8. The predicted octanol–water partition coefficient (Wildman–Crippen LogP) is 1.46. The van der Waals surface area contributed by atoms with Gasteiger partial charge in [-0.1, -0.05) is 6.42 Å². The second-order valence-corrected chi connectivity index (χ2v) is 5.21. The quantitative estimate of drug-likeness (QED) is 0.864. The lowest BCUT2D eigenvalue weighted by atomic mass is 10.1. The van der Waals surface area contributed by atoms with E-state index in [-0.39, 0.29) is 11.8 Å². The van der Waals surface area contributed by atoms with Crippen molar-refractivity contribution in [2.75, 3.05) is 18.5 Å². The number of fused-ring (bicyclic) bond motifs is 1. The number of hydrogen-bond donors (Lipinski definition) is 2. The van der Waals surface area contributed by atoms with E-state index in [0.29, 0.717) is 43.2 Å². The van der Waals surface area contributed by atoms with Crippen LogP contribution in [0.25, 0.3) is 0 Å². The molecule has 3 rings (SSSR count). The molecule has 0 aliphatic carbocycles. The molecule has 6 heteroatoms. The van der Waals surface area contributed by atoms with Gasteiger partial charge < -0.3 is 20.1 Å². The van der Waals surface area contributed by atoms with E-state index < -0.39 is 6.04 Å². The highest BCUT2D eigenvalue weighted by Crippen LogP contribution is 2.32. The average molecular weight is 290 g/mol. The van der Waals surface area contributed by atoms with Crippen LogP contribution >= 0.6 is 0 Å². The van der Waals surface area contributed by atoms with Crippen LogP contribution in [0.2, 0.25) is 0 Å². The van der Waals surface area contributed by atoms with Crippen molar-refractivity contribution < 1.29 is 19.1 Å². The molecule has 1 aromatic rings. The zero-order chi connectivity index (χ0) is 14.7. The average Bonchev–Trinajstić information content (AvgIpc) is 2.72. The molecule has 21 heavy (non-hydrogen) atoms. The minimum absolute atomic E-state index is 0.0603. The van der Waals surface area contributed by atoms with Crippen LogP contribution in [0.5, 0.6) is 11.5 Å². The van der Waals surface area contributed by atoms with E-state index in [1.807, 2.05) is 0 Å². The number of carbonyl (C=O) groups is 2. The first-order valence-electron chi connectivity index (χ1n) is 7.22. The monoisotopic (exact) mass is 290 g/mol. The van der Waals surface area contributed by atoms with Crippen LogP contribution in [0.15, 0.2) is 18.2 Å². The summed E-state index contributed by atoms with van der Waals surface area (Å²) in [6.45, 7) is 1.04. The van der Waals surface area contributed by atoms with Crippen LogP contribution in [-0.4, -0.2) is 31.1 Å². The molecule has 0 aromatic heterocycles. The standard InChI is InChI=1S/C15H18N2O4/c18-14-4-2-1-3-11(17-14)15(19)16-10-5-6-12-13(9-10)21-8-7-20-12/h5-6,9,11H,1-4,7-8H2,(H,16,19)(H,17,18).